The SMILES string of the molecule is CC(C)Oc1ccccc1Nc1ccc(NC(=O)COc2ccccc2)cn1. The summed E-state index contributed by atoms with van der Waals surface area (Å²) in [5, 5.41) is 5.99. The Bertz CT molecular complexity index is 896. The number of amides is 1. The fraction of sp³-hybridized carbons (Fsp3) is 0.182. The van der Waals surface area contributed by atoms with Crippen LogP contribution in [0.3, 0.4) is 0 Å². The van der Waals surface area contributed by atoms with Crippen LogP contribution in [-0.2, 0) is 4.79 Å². The smallest absolute Gasteiger partial charge is 0.262 e. The maximum atomic E-state index is 12.0. The molecule has 2 aromatic carbocycles. The van der Waals surface area contributed by atoms with Crippen molar-refractivity contribution in [3.05, 3.63) is 72.9 Å². The van der Waals surface area contributed by atoms with Gasteiger partial charge in [-0.05, 0) is 50.2 Å². The first-order valence-electron chi connectivity index (χ1n) is 9.06. The van der Waals surface area contributed by atoms with Crippen LogP contribution in [0.5, 0.6) is 11.5 Å². The lowest BCUT2D eigenvalue weighted by Crippen LogP contribution is -2.20. The van der Waals surface area contributed by atoms with E-state index in [0.717, 1.165) is 11.4 Å². The number of hydrogen-bond acceptors (Lipinski definition) is 5. The van der Waals surface area contributed by atoms with Crippen molar-refractivity contribution in [3.8, 4) is 11.5 Å². The third-order valence-corrected chi connectivity index (χ3v) is 3.67. The zero-order chi connectivity index (χ0) is 19.8. The Morgan fingerprint density at radius 3 is 2.46 bits per heavy atom. The molecule has 0 spiro atoms. The molecule has 1 heterocycles. The minimum absolute atomic E-state index is 0.0655. The van der Waals surface area contributed by atoms with E-state index in [1.165, 1.54) is 0 Å². The molecule has 0 atom stereocenters. The molecule has 0 aliphatic carbocycles. The van der Waals surface area contributed by atoms with Crippen molar-refractivity contribution in [3.63, 3.8) is 0 Å². The van der Waals surface area contributed by atoms with Gasteiger partial charge in [0.05, 0.1) is 23.7 Å². The molecule has 144 valence electrons. The first-order chi connectivity index (χ1) is 13.6. The van der Waals surface area contributed by atoms with Crippen molar-refractivity contribution in [2.45, 2.75) is 20.0 Å². The van der Waals surface area contributed by atoms with E-state index in [1.807, 2.05) is 56.3 Å². The van der Waals surface area contributed by atoms with E-state index in [0.29, 0.717) is 17.3 Å². The molecule has 3 rings (SSSR count). The van der Waals surface area contributed by atoms with Gasteiger partial charge in [-0.2, -0.15) is 0 Å². The molecule has 0 unspecified atom stereocenters. The maximum Gasteiger partial charge on any atom is 0.262 e. The molecule has 0 fully saturated rings. The fourth-order valence-electron chi connectivity index (χ4n) is 2.47. The van der Waals surface area contributed by atoms with Crippen molar-refractivity contribution in [2.75, 3.05) is 17.2 Å². The number of anilines is 3. The first kappa shape index (κ1) is 19.2. The van der Waals surface area contributed by atoms with Gasteiger partial charge in [0.2, 0.25) is 0 Å². The van der Waals surface area contributed by atoms with E-state index >= 15 is 0 Å². The largest absolute Gasteiger partial charge is 0.489 e. The zero-order valence-electron chi connectivity index (χ0n) is 15.9. The molecule has 0 aliphatic rings. The number of rotatable bonds is 8. The standard InChI is InChI=1S/C22H23N3O3/c1-16(2)28-20-11-7-6-10-19(20)25-21-13-12-17(14-23-21)24-22(26)15-27-18-8-4-3-5-9-18/h3-14,16H,15H2,1-2H3,(H,23,25)(H,24,26). The molecule has 3 aromatic rings. The van der Waals surface area contributed by atoms with Gasteiger partial charge < -0.3 is 20.1 Å². The lowest BCUT2D eigenvalue weighted by atomic mass is 10.3. The monoisotopic (exact) mass is 377 g/mol. The number of nitrogens with one attached hydrogen (secondary N) is 2. The molecule has 0 aliphatic heterocycles. The fourth-order valence-corrected chi connectivity index (χ4v) is 2.47. The van der Waals surface area contributed by atoms with Gasteiger partial charge in [0.15, 0.2) is 6.61 Å². The summed E-state index contributed by atoms with van der Waals surface area (Å²) in [7, 11) is 0. The lowest BCUT2D eigenvalue weighted by Gasteiger charge is -2.15. The van der Waals surface area contributed by atoms with Gasteiger partial charge >= 0.3 is 0 Å². The average molecular weight is 377 g/mol. The second-order valence-corrected chi connectivity index (χ2v) is 6.37. The summed E-state index contributed by atoms with van der Waals surface area (Å²) in [5.74, 6) is 1.81. The van der Waals surface area contributed by atoms with E-state index in [2.05, 4.69) is 15.6 Å². The number of aromatic nitrogens is 1. The van der Waals surface area contributed by atoms with Crippen LogP contribution >= 0.6 is 0 Å². The number of hydrogen-bond donors (Lipinski definition) is 2. The third kappa shape index (κ3) is 5.74. The molecule has 1 amide bonds. The van der Waals surface area contributed by atoms with Gasteiger partial charge in [-0.25, -0.2) is 4.98 Å². The Balaban J connectivity index is 1.56. The van der Waals surface area contributed by atoms with Crippen molar-refractivity contribution < 1.29 is 14.3 Å². The molecule has 28 heavy (non-hydrogen) atoms. The number of pyridine rings is 1. The average Bonchev–Trinajstić information content (AvgIpc) is 2.70. The molecular weight excluding hydrogens is 354 g/mol. The molecule has 0 saturated carbocycles. The van der Waals surface area contributed by atoms with Crippen molar-refractivity contribution in [2.24, 2.45) is 0 Å². The summed E-state index contributed by atoms with van der Waals surface area (Å²) >= 11 is 0. The van der Waals surface area contributed by atoms with E-state index in [9.17, 15) is 4.79 Å². The van der Waals surface area contributed by atoms with Crippen molar-refractivity contribution in [1.82, 2.24) is 4.98 Å². The number of ether oxygens (including phenoxy) is 2. The summed E-state index contributed by atoms with van der Waals surface area (Å²) in [4.78, 5) is 16.4. The Morgan fingerprint density at radius 2 is 1.75 bits per heavy atom. The summed E-state index contributed by atoms with van der Waals surface area (Å²) < 4.78 is 11.2. The Hall–Kier alpha value is -3.54. The van der Waals surface area contributed by atoms with Gasteiger partial charge in [0.25, 0.3) is 5.91 Å². The molecule has 6 heteroatoms. The highest BCUT2D eigenvalue weighted by Crippen LogP contribution is 2.27. The predicted octanol–water partition coefficient (Wildman–Crippen LogP) is 4.63. The molecule has 0 saturated heterocycles. The number of para-hydroxylation sites is 3. The minimum atomic E-state index is -0.248. The second kappa shape index (κ2) is 9.41. The van der Waals surface area contributed by atoms with E-state index in [4.69, 9.17) is 9.47 Å². The molecule has 0 bridgehead atoms. The molecule has 0 radical (unpaired) electrons. The number of nitrogens with zero attached hydrogens (tertiary/aromatic N) is 1. The van der Waals surface area contributed by atoms with Gasteiger partial charge in [-0.1, -0.05) is 30.3 Å². The molecular formula is C22H23N3O3. The number of carbonyl (C=O) groups is 1. The summed E-state index contributed by atoms with van der Waals surface area (Å²) in [6, 6.07) is 20.5. The Labute approximate surface area is 164 Å². The van der Waals surface area contributed by atoms with Crippen molar-refractivity contribution >= 4 is 23.1 Å². The van der Waals surface area contributed by atoms with E-state index in [1.54, 1.807) is 30.5 Å². The zero-order valence-corrected chi connectivity index (χ0v) is 15.9. The lowest BCUT2D eigenvalue weighted by molar-refractivity contribution is -0.118. The highest BCUT2D eigenvalue weighted by Gasteiger charge is 2.07. The van der Waals surface area contributed by atoms with Crippen LogP contribution in [-0.4, -0.2) is 23.6 Å². The van der Waals surface area contributed by atoms with Gasteiger partial charge in [0, 0.05) is 0 Å². The van der Waals surface area contributed by atoms with E-state index < -0.39 is 0 Å². The second-order valence-electron chi connectivity index (χ2n) is 6.37. The van der Waals surface area contributed by atoms with Gasteiger partial charge in [-0.3, -0.25) is 4.79 Å². The number of benzene rings is 2. The van der Waals surface area contributed by atoms with Crippen molar-refractivity contribution in [1.29, 1.82) is 0 Å². The van der Waals surface area contributed by atoms with Crippen LogP contribution in [0.1, 0.15) is 13.8 Å². The topological polar surface area (TPSA) is 72.5 Å². The van der Waals surface area contributed by atoms with Gasteiger partial charge in [-0.15, -0.1) is 0 Å². The molecule has 1 aromatic heterocycles. The summed E-state index contributed by atoms with van der Waals surface area (Å²) in [5.41, 5.74) is 1.43. The van der Waals surface area contributed by atoms with E-state index in [-0.39, 0.29) is 18.6 Å². The Kier molecular flexibility index (Phi) is 6.46. The summed E-state index contributed by atoms with van der Waals surface area (Å²) in [6.07, 6.45) is 1.67. The first-order valence-corrected chi connectivity index (χ1v) is 9.06. The number of carbonyl (C=O) groups excluding carboxylic acids is 1. The van der Waals surface area contributed by atoms with Crippen LogP contribution in [0.25, 0.3) is 0 Å². The normalized spacial score (nSPS) is 10.4. The summed E-state index contributed by atoms with van der Waals surface area (Å²) in [6.45, 7) is 3.89. The third-order valence-electron chi connectivity index (χ3n) is 3.67. The highest BCUT2D eigenvalue weighted by atomic mass is 16.5. The predicted molar refractivity (Wildman–Crippen MR) is 110 cm³/mol. The quantitative estimate of drug-likeness (QED) is 0.599. The molecule has 6 nitrogen and oxygen atoms in total. The van der Waals surface area contributed by atoms with Crippen LogP contribution in [0.2, 0.25) is 0 Å². The van der Waals surface area contributed by atoms with Crippen LogP contribution in [0.15, 0.2) is 72.9 Å². The minimum Gasteiger partial charge on any atom is -0.489 e. The van der Waals surface area contributed by atoms with Crippen LogP contribution < -0.4 is 20.1 Å². The van der Waals surface area contributed by atoms with Crippen LogP contribution in [0, 0.1) is 0 Å². The molecule has 2 N–H and O–H groups in total. The van der Waals surface area contributed by atoms with Gasteiger partial charge in [0.1, 0.15) is 17.3 Å². The highest BCUT2D eigenvalue weighted by molar-refractivity contribution is 5.91. The van der Waals surface area contributed by atoms with Crippen LogP contribution in [0.4, 0.5) is 17.2 Å². The Morgan fingerprint density at radius 1 is 1.00 bits per heavy atom. The maximum absolute atomic E-state index is 12.0.